The Balaban J connectivity index is 1.69. The molecular weight excluding hydrogens is 288 g/mol. The topological polar surface area (TPSA) is 38.3 Å². The highest BCUT2D eigenvalue weighted by Crippen LogP contribution is 2.44. The number of ether oxygens (including phenoxy) is 1. The van der Waals surface area contributed by atoms with Crippen molar-refractivity contribution in [3.63, 3.8) is 0 Å². The van der Waals surface area contributed by atoms with E-state index in [0.717, 1.165) is 44.8 Å². The zero-order chi connectivity index (χ0) is 16.2. The van der Waals surface area contributed by atoms with E-state index in [9.17, 15) is 5.11 Å². The van der Waals surface area contributed by atoms with E-state index in [1.54, 1.807) is 16.9 Å². The van der Waals surface area contributed by atoms with E-state index in [1.165, 1.54) is 5.56 Å². The molecule has 4 aliphatic heterocycles. The van der Waals surface area contributed by atoms with Crippen LogP contribution in [0.5, 0.6) is 5.75 Å². The fourth-order valence-corrected chi connectivity index (χ4v) is 5.95. The molecule has 4 saturated heterocycles. The third-order valence-electron chi connectivity index (χ3n) is 7.15. The number of nitrogens with one attached hydrogen (secondary N) is 2. The molecule has 4 nitrogen and oxygen atoms in total. The molecule has 1 aromatic rings. The van der Waals surface area contributed by atoms with Gasteiger partial charge in [0.1, 0.15) is 5.75 Å². The molecule has 0 aromatic heterocycles. The summed E-state index contributed by atoms with van der Waals surface area (Å²) >= 11 is 0. The molecule has 0 aliphatic carbocycles. The molecular formula is C19H30N2O2+2. The molecule has 0 saturated carbocycles. The van der Waals surface area contributed by atoms with Gasteiger partial charge in [-0.15, -0.1) is 0 Å². The van der Waals surface area contributed by atoms with Crippen LogP contribution >= 0.6 is 0 Å². The van der Waals surface area contributed by atoms with E-state index in [0.29, 0.717) is 6.17 Å². The van der Waals surface area contributed by atoms with Crippen molar-refractivity contribution < 1.29 is 19.6 Å². The minimum Gasteiger partial charge on any atom is -0.497 e. The zero-order valence-corrected chi connectivity index (χ0v) is 14.6. The summed E-state index contributed by atoms with van der Waals surface area (Å²) < 4.78 is 5.31. The number of methoxy groups -OCH3 is 1. The van der Waals surface area contributed by atoms with Crippen molar-refractivity contribution in [3.05, 3.63) is 29.8 Å². The molecule has 0 unspecified atom stereocenters. The molecule has 4 aliphatic rings. The smallest absolute Gasteiger partial charge is 0.240 e. The second-order valence-electron chi connectivity index (χ2n) is 8.06. The van der Waals surface area contributed by atoms with Gasteiger partial charge in [0.05, 0.1) is 55.8 Å². The highest BCUT2D eigenvalue weighted by atomic mass is 16.5. The van der Waals surface area contributed by atoms with Crippen molar-refractivity contribution in [1.29, 1.82) is 0 Å². The van der Waals surface area contributed by atoms with Crippen molar-refractivity contribution in [2.45, 2.75) is 39.0 Å². The number of quaternary nitrogens is 2. The second kappa shape index (κ2) is 5.20. The Bertz CT molecular complexity index is 546. The Morgan fingerprint density at radius 3 is 1.87 bits per heavy atom. The van der Waals surface area contributed by atoms with Gasteiger partial charge in [0, 0.05) is 0 Å². The molecule has 4 heterocycles. The molecule has 0 amide bonds. The number of hydrogen-bond donors (Lipinski definition) is 3. The van der Waals surface area contributed by atoms with Crippen molar-refractivity contribution in [2.75, 3.05) is 33.3 Å². The van der Waals surface area contributed by atoms with Crippen molar-refractivity contribution in [2.24, 2.45) is 10.8 Å². The quantitative estimate of drug-likeness (QED) is 0.711. The lowest BCUT2D eigenvalue weighted by atomic mass is 9.57. The van der Waals surface area contributed by atoms with E-state index in [1.807, 2.05) is 0 Å². The van der Waals surface area contributed by atoms with E-state index in [-0.39, 0.29) is 16.9 Å². The van der Waals surface area contributed by atoms with E-state index >= 15 is 0 Å². The summed E-state index contributed by atoms with van der Waals surface area (Å²) in [5, 5.41) is 11.1. The van der Waals surface area contributed by atoms with E-state index in [2.05, 4.69) is 38.1 Å². The summed E-state index contributed by atoms with van der Waals surface area (Å²) in [4.78, 5) is 3.35. The number of rotatable bonds is 4. The van der Waals surface area contributed by atoms with Gasteiger partial charge < -0.3 is 9.84 Å². The van der Waals surface area contributed by atoms with Gasteiger partial charge in [-0.25, -0.2) is 0 Å². The van der Waals surface area contributed by atoms with Gasteiger partial charge in [0.15, 0.2) is 0 Å². The Labute approximate surface area is 139 Å². The summed E-state index contributed by atoms with van der Waals surface area (Å²) in [7, 11) is 1.72. The first-order valence-electron chi connectivity index (χ1n) is 9.09. The average Bonchev–Trinajstić information content (AvgIpc) is 2.58. The van der Waals surface area contributed by atoms with Gasteiger partial charge in [-0.3, -0.25) is 9.80 Å². The van der Waals surface area contributed by atoms with Gasteiger partial charge in [0.25, 0.3) is 0 Å². The molecule has 4 fully saturated rings. The SMILES string of the molecule is CCC12C[NH+]3CC(CC)(C[NH+](C1)C3c1ccc(OC)cc1)C2O. The van der Waals surface area contributed by atoms with Crippen molar-refractivity contribution in [3.8, 4) is 5.75 Å². The molecule has 4 bridgehead atoms. The predicted octanol–water partition coefficient (Wildman–Crippen LogP) is -0.342. The van der Waals surface area contributed by atoms with Crippen LogP contribution in [-0.4, -0.2) is 44.5 Å². The molecule has 0 atom stereocenters. The highest BCUT2D eigenvalue weighted by molar-refractivity contribution is 5.28. The Morgan fingerprint density at radius 2 is 1.48 bits per heavy atom. The first kappa shape index (κ1) is 15.4. The number of aliphatic hydroxyl groups excluding tert-OH is 1. The third-order valence-corrected chi connectivity index (χ3v) is 7.15. The maximum absolute atomic E-state index is 11.1. The van der Waals surface area contributed by atoms with Gasteiger partial charge in [-0.2, -0.15) is 0 Å². The van der Waals surface area contributed by atoms with Crippen LogP contribution in [0.15, 0.2) is 24.3 Å². The predicted molar refractivity (Wildman–Crippen MR) is 88.6 cm³/mol. The van der Waals surface area contributed by atoms with Gasteiger partial charge in [-0.1, -0.05) is 13.8 Å². The lowest BCUT2D eigenvalue weighted by molar-refractivity contribution is -1.19. The average molecular weight is 318 g/mol. The number of benzene rings is 1. The number of aliphatic hydroxyl groups is 1. The summed E-state index contributed by atoms with van der Waals surface area (Å²) in [5.74, 6) is 0.929. The van der Waals surface area contributed by atoms with Crippen LogP contribution in [0.2, 0.25) is 0 Å². The summed E-state index contributed by atoms with van der Waals surface area (Å²) in [5.41, 5.74) is 1.67. The number of hydrogen-bond acceptors (Lipinski definition) is 2. The van der Waals surface area contributed by atoms with Crippen LogP contribution in [-0.2, 0) is 0 Å². The zero-order valence-electron chi connectivity index (χ0n) is 14.6. The van der Waals surface area contributed by atoms with Gasteiger partial charge in [-0.05, 0) is 37.1 Å². The second-order valence-corrected chi connectivity index (χ2v) is 8.06. The van der Waals surface area contributed by atoms with Crippen LogP contribution in [0.3, 0.4) is 0 Å². The first-order valence-corrected chi connectivity index (χ1v) is 9.09. The monoisotopic (exact) mass is 318 g/mol. The molecule has 23 heavy (non-hydrogen) atoms. The van der Waals surface area contributed by atoms with Crippen molar-refractivity contribution in [1.82, 2.24) is 0 Å². The molecule has 126 valence electrons. The minimum atomic E-state index is -0.116. The lowest BCUT2D eigenvalue weighted by Gasteiger charge is -2.64. The highest BCUT2D eigenvalue weighted by Gasteiger charge is 2.69. The number of piperidine rings is 2. The summed E-state index contributed by atoms with van der Waals surface area (Å²) in [6.45, 7) is 9.00. The van der Waals surface area contributed by atoms with Crippen molar-refractivity contribution >= 4 is 0 Å². The summed E-state index contributed by atoms with van der Waals surface area (Å²) in [6.07, 6.45) is 2.60. The molecule has 5 rings (SSSR count). The van der Waals surface area contributed by atoms with Crippen LogP contribution in [0.1, 0.15) is 38.4 Å². The normalized spacial score (nSPS) is 44.5. The third kappa shape index (κ3) is 2.01. The lowest BCUT2D eigenvalue weighted by Crippen LogP contribution is -3.41. The van der Waals surface area contributed by atoms with Gasteiger partial charge >= 0.3 is 0 Å². The summed E-state index contributed by atoms with van der Waals surface area (Å²) in [6, 6.07) is 8.64. The van der Waals surface area contributed by atoms with Crippen LogP contribution in [0.4, 0.5) is 0 Å². The molecule has 3 N–H and O–H groups in total. The fraction of sp³-hybridized carbons (Fsp3) is 0.684. The Morgan fingerprint density at radius 1 is 1.00 bits per heavy atom. The van der Waals surface area contributed by atoms with Crippen LogP contribution < -0.4 is 14.5 Å². The standard InChI is InChI=1S/C19H28N2O2/c1-4-18-10-20-12-19(5-2,17(18)22)13-21(11-18)16(20)14-6-8-15(23-3)9-7-14/h6-9,16-17,22H,4-5,10-13H2,1-3H3/p+2. The molecule has 0 spiro atoms. The van der Waals surface area contributed by atoms with Gasteiger partial charge in [0.2, 0.25) is 6.17 Å². The van der Waals surface area contributed by atoms with E-state index < -0.39 is 0 Å². The van der Waals surface area contributed by atoms with E-state index in [4.69, 9.17) is 4.74 Å². The first-order chi connectivity index (χ1) is 11.1. The maximum Gasteiger partial charge on any atom is 0.240 e. The Hall–Kier alpha value is -1.10. The minimum absolute atomic E-state index is 0.116. The van der Waals surface area contributed by atoms with Crippen LogP contribution in [0.25, 0.3) is 0 Å². The maximum atomic E-state index is 11.1. The molecule has 1 aromatic carbocycles. The molecule has 4 heteroatoms. The van der Waals surface area contributed by atoms with Crippen LogP contribution in [0, 0.1) is 10.8 Å². The Kier molecular flexibility index (Phi) is 3.49. The fourth-order valence-electron chi connectivity index (χ4n) is 5.95. The molecule has 0 radical (unpaired) electrons. The largest absolute Gasteiger partial charge is 0.497 e.